The van der Waals surface area contributed by atoms with Gasteiger partial charge in [-0.05, 0) is 23.1 Å². The fourth-order valence-electron chi connectivity index (χ4n) is 1.51. The third-order valence-electron chi connectivity index (χ3n) is 2.65. The van der Waals surface area contributed by atoms with E-state index in [1.807, 2.05) is 19.9 Å². The van der Waals surface area contributed by atoms with Gasteiger partial charge >= 0.3 is 0 Å². The van der Waals surface area contributed by atoms with E-state index in [9.17, 15) is 9.90 Å². The highest BCUT2D eigenvalue weighted by Crippen LogP contribution is 2.28. The van der Waals surface area contributed by atoms with Gasteiger partial charge in [0.05, 0.1) is 5.56 Å². The van der Waals surface area contributed by atoms with Crippen molar-refractivity contribution in [3.05, 3.63) is 29.3 Å². The van der Waals surface area contributed by atoms with E-state index in [1.165, 1.54) is 0 Å². The SMILES string of the molecule is CC(C)C(=O)c1cc(C(C)(C)C)ccc1O. The molecule has 0 aromatic heterocycles. The molecule has 0 heterocycles. The molecule has 0 fully saturated rings. The number of ketones is 1. The topological polar surface area (TPSA) is 37.3 Å². The highest BCUT2D eigenvalue weighted by atomic mass is 16.3. The zero-order valence-electron chi connectivity index (χ0n) is 10.7. The molecule has 0 bridgehead atoms. The fourth-order valence-corrected chi connectivity index (χ4v) is 1.51. The van der Waals surface area contributed by atoms with E-state index in [0.717, 1.165) is 5.56 Å². The van der Waals surface area contributed by atoms with Crippen molar-refractivity contribution in [3.8, 4) is 5.75 Å². The quantitative estimate of drug-likeness (QED) is 0.774. The number of aromatic hydroxyl groups is 1. The Balaban J connectivity index is 3.25. The molecule has 16 heavy (non-hydrogen) atoms. The van der Waals surface area contributed by atoms with Crippen molar-refractivity contribution in [2.24, 2.45) is 5.92 Å². The summed E-state index contributed by atoms with van der Waals surface area (Å²) in [6.07, 6.45) is 0. The lowest BCUT2D eigenvalue weighted by molar-refractivity contribution is 0.0936. The molecule has 2 heteroatoms. The summed E-state index contributed by atoms with van der Waals surface area (Å²) in [5, 5.41) is 9.70. The van der Waals surface area contributed by atoms with Gasteiger partial charge < -0.3 is 5.11 Å². The maximum absolute atomic E-state index is 11.9. The van der Waals surface area contributed by atoms with Crippen LogP contribution in [0.15, 0.2) is 18.2 Å². The Kier molecular flexibility index (Phi) is 3.41. The number of phenolic OH excluding ortho intramolecular Hbond substituents is 1. The second-order valence-electron chi connectivity index (χ2n) is 5.50. The molecular formula is C14H20O2. The zero-order valence-corrected chi connectivity index (χ0v) is 10.7. The molecule has 1 aromatic carbocycles. The number of hydrogen-bond donors (Lipinski definition) is 1. The first-order chi connectivity index (χ1) is 7.23. The maximum atomic E-state index is 11.9. The average Bonchev–Trinajstić information content (AvgIpc) is 2.15. The van der Waals surface area contributed by atoms with Crippen LogP contribution in [0.5, 0.6) is 5.75 Å². The van der Waals surface area contributed by atoms with Gasteiger partial charge in [-0.1, -0.05) is 40.7 Å². The first-order valence-corrected chi connectivity index (χ1v) is 5.61. The normalized spacial score (nSPS) is 11.9. The number of carbonyl (C=O) groups is 1. The molecule has 0 aliphatic carbocycles. The molecule has 0 saturated heterocycles. The molecule has 0 unspecified atom stereocenters. The number of Topliss-reactive ketones (excluding diaryl/α,β-unsaturated/α-hetero) is 1. The van der Waals surface area contributed by atoms with Crippen LogP contribution in [-0.2, 0) is 5.41 Å². The van der Waals surface area contributed by atoms with Crippen molar-refractivity contribution in [1.29, 1.82) is 0 Å². The predicted molar refractivity (Wildman–Crippen MR) is 66.0 cm³/mol. The van der Waals surface area contributed by atoms with Crippen LogP contribution in [-0.4, -0.2) is 10.9 Å². The van der Waals surface area contributed by atoms with Crippen molar-refractivity contribution in [3.63, 3.8) is 0 Å². The minimum absolute atomic E-state index is 0.0106. The van der Waals surface area contributed by atoms with Crippen LogP contribution in [0.25, 0.3) is 0 Å². The highest BCUT2D eigenvalue weighted by molar-refractivity contribution is 6.00. The summed E-state index contributed by atoms with van der Waals surface area (Å²) in [5.41, 5.74) is 1.48. The zero-order chi connectivity index (χ0) is 12.5. The van der Waals surface area contributed by atoms with Gasteiger partial charge in [0, 0.05) is 5.92 Å². The number of rotatable bonds is 2. The molecule has 88 valence electrons. The van der Waals surface area contributed by atoms with E-state index in [1.54, 1.807) is 12.1 Å². The van der Waals surface area contributed by atoms with E-state index >= 15 is 0 Å². The van der Waals surface area contributed by atoms with E-state index in [2.05, 4.69) is 20.8 Å². The van der Waals surface area contributed by atoms with Crippen LogP contribution in [0.1, 0.15) is 50.5 Å². The molecule has 0 spiro atoms. The monoisotopic (exact) mass is 220 g/mol. The van der Waals surface area contributed by atoms with Gasteiger partial charge in [0.15, 0.2) is 5.78 Å². The summed E-state index contributed by atoms with van der Waals surface area (Å²) in [7, 11) is 0. The number of phenols is 1. The average molecular weight is 220 g/mol. The number of benzene rings is 1. The minimum atomic E-state index is -0.0962. The second kappa shape index (κ2) is 4.28. The van der Waals surface area contributed by atoms with Crippen LogP contribution in [0.2, 0.25) is 0 Å². The van der Waals surface area contributed by atoms with E-state index in [4.69, 9.17) is 0 Å². The van der Waals surface area contributed by atoms with Crippen LogP contribution in [0.4, 0.5) is 0 Å². The molecule has 0 saturated carbocycles. The van der Waals surface area contributed by atoms with Gasteiger partial charge in [0.2, 0.25) is 0 Å². The van der Waals surface area contributed by atoms with Crippen LogP contribution in [0, 0.1) is 5.92 Å². The molecule has 1 rings (SSSR count). The molecule has 0 atom stereocenters. The third-order valence-corrected chi connectivity index (χ3v) is 2.65. The standard InChI is InChI=1S/C14H20O2/c1-9(2)13(16)11-8-10(14(3,4)5)6-7-12(11)15/h6-9,15H,1-5H3. The molecule has 0 amide bonds. The lowest BCUT2D eigenvalue weighted by Gasteiger charge is -2.20. The van der Waals surface area contributed by atoms with Crippen molar-refractivity contribution in [1.82, 2.24) is 0 Å². The van der Waals surface area contributed by atoms with Gasteiger partial charge in [0.1, 0.15) is 5.75 Å². The minimum Gasteiger partial charge on any atom is -0.507 e. The highest BCUT2D eigenvalue weighted by Gasteiger charge is 2.19. The molecule has 0 radical (unpaired) electrons. The summed E-state index contributed by atoms with van der Waals surface area (Å²) >= 11 is 0. The van der Waals surface area contributed by atoms with Gasteiger partial charge in [-0.2, -0.15) is 0 Å². The lowest BCUT2D eigenvalue weighted by Crippen LogP contribution is -2.14. The van der Waals surface area contributed by atoms with E-state index in [0.29, 0.717) is 5.56 Å². The number of carbonyl (C=O) groups excluding carboxylic acids is 1. The molecule has 1 aromatic rings. The van der Waals surface area contributed by atoms with Crippen LogP contribution in [0.3, 0.4) is 0 Å². The lowest BCUT2D eigenvalue weighted by atomic mass is 9.85. The molecule has 0 aliphatic heterocycles. The molecule has 2 nitrogen and oxygen atoms in total. The summed E-state index contributed by atoms with van der Waals surface area (Å²) in [6, 6.07) is 5.28. The maximum Gasteiger partial charge on any atom is 0.169 e. The van der Waals surface area contributed by atoms with Crippen LogP contribution >= 0.6 is 0 Å². The Morgan fingerprint density at radius 1 is 1.25 bits per heavy atom. The van der Waals surface area contributed by atoms with E-state index < -0.39 is 0 Å². The fraction of sp³-hybridized carbons (Fsp3) is 0.500. The molecular weight excluding hydrogens is 200 g/mol. The Labute approximate surface area is 97.3 Å². The Morgan fingerprint density at radius 3 is 2.25 bits per heavy atom. The molecule has 0 aliphatic rings. The smallest absolute Gasteiger partial charge is 0.169 e. The Morgan fingerprint density at radius 2 is 1.81 bits per heavy atom. The summed E-state index contributed by atoms with van der Waals surface area (Å²) in [5.74, 6) is -0.0311. The molecule has 1 N–H and O–H groups in total. The summed E-state index contributed by atoms with van der Waals surface area (Å²) in [6.45, 7) is 9.94. The van der Waals surface area contributed by atoms with Gasteiger partial charge in [-0.15, -0.1) is 0 Å². The van der Waals surface area contributed by atoms with Gasteiger partial charge in [0.25, 0.3) is 0 Å². The van der Waals surface area contributed by atoms with Crippen molar-refractivity contribution in [2.75, 3.05) is 0 Å². The number of hydrogen-bond acceptors (Lipinski definition) is 2. The Bertz CT molecular complexity index is 398. The summed E-state index contributed by atoms with van der Waals surface area (Å²) in [4.78, 5) is 11.9. The largest absolute Gasteiger partial charge is 0.507 e. The second-order valence-corrected chi connectivity index (χ2v) is 5.50. The van der Waals surface area contributed by atoms with Crippen molar-refractivity contribution >= 4 is 5.78 Å². The van der Waals surface area contributed by atoms with Crippen LogP contribution < -0.4 is 0 Å². The van der Waals surface area contributed by atoms with Gasteiger partial charge in [-0.25, -0.2) is 0 Å². The third kappa shape index (κ3) is 2.63. The summed E-state index contributed by atoms with van der Waals surface area (Å²) < 4.78 is 0. The Hall–Kier alpha value is -1.31. The first-order valence-electron chi connectivity index (χ1n) is 5.61. The van der Waals surface area contributed by atoms with E-state index in [-0.39, 0.29) is 22.9 Å². The van der Waals surface area contributed by atoms with Crippen molar-refractivity contribution < 1.29 is 9.90 Å². The first kappa shape index (κ1) is 12.8. The predicted octanol–water partition coefficient (Wildman–Crippen LogP) is 3.53. The van der Waals surface area contributed by atoms with Gasteiger partial charge in [-0.3, -0.25) is 4.79 Å². The van der Waals surface area contributed by atoms with Crippen molar-refractivity contribution in [2.45, 2.75) is 40.0 Å².